The Bertz CT molecular complexity index is 2050. The third-order valence-electron chi connectivity index (χ3n) is 8.44. The van der Waals surface area contributed by atoms with Crippen molar-refractivity contribution in [3.63, 3.8) is 0 Å². The van der Waals surface area contributed by atoms with E-state index in [0.717, 1.165) is 29.7 Å². The third-order valence-corrected chi connectivity index (χ3v) is 9.62. The van der Waals surface area contributed by atoms with Gasteiger partial charge in [-0.1, -0.05) is 12.1 Å². The van der Waals surface area contributed by atoms with Crippen LogP contribution in [0.15, 0.2) is 89.9 Å². The number of nitrogens with one attached hydrogen (secondary N) is 2. The molecule has 1 saturated carbocycles. The second kappa shape index (κ2) is 13.5. The SMILES string of the molecule is CNC(=O)C(=Nc1ccc(Nc2ccc(F)cc2)cc1)c1cc(C2CC2)c(N(CCCN2C(=O)c3ccccc3C2=O)S(C)(=O)=O)cc1N. The summed E-state index contributed by atoms with van der Waals surface area (Å²) in [5.41, 5.74) is 10.8. The van der Waals surface area contributed by atoms with Gasteiger partial charge < -0.3 is 16.4 Å². The van der Waals surface area contributed by atoms with Crippen LogP contribution in [0.3, 0.4) is 0 Å². The lowest BCUT2D eigenvalue weighted by Crippen LogP contribution is -2.36. The van der Waals surface area contributed by atoms with Crippen LogP contribution in [0.4, 0.5) is 32.8 Å². The molecule has 13 heteroatoms. The molecule has 49 heavy (non-hydrogen) atoms. The molecule has 1 aliphatic carbocycles. The molecule has 1 heterocycles. The number of nitrogens with two attached hydrogens (primary N) is 1. The number of hydrogen-bond acceptors (Lipinski definition) is 8. The molecule has 0 aromatic heterocycles. The average molecular weight is 683 g/mol. The van der Waals surface area contributed by atoms with Crippen LogP contribution in [0, 0.1) is 5.82 Å². The molecule has 0 unspecified atom stereocenters. The quantitative estimate of drug-likeness (QED) is 0.103. The number of imide groups is 1. The number of hydrogen-bond donors (Lipinski definition) is 3. The van der Waals surface area contributed by atoms with Crippen molar-refractivity contribution >= 4 is 61.9 Å². The van der Waals surface area contributed by atoms with Gasteiger partial charge in [0.1, 0.15) is 11.5 Å². The summed E-state index contributed by atoms with van der Waals surface area (Å²) in [7, 11) is -2.33. The van der Waals surface area contributed by atoms with Crippen molar-refractivity contribution in [3.8, 4) is 0 Å². The Morgan fingerprint density at radius 1 is 0.959 bits per heavy atom. The first-order valence-corrected chi connectivity index (χ1v) is 17.6. The lowest BCUT2D eigenvalue weighted by molar-refractivity contribution is -0.114. The van der Waals surface area contributed by atoms with Gasteiger partial charge in [-0.25, -0.2) is 17.8 Å². The molecule has 252 valence electrons. The second-order valence-electron chi connectivity index (χ2n) is 12.0. The summed E-state index contributed by atoms with van der Waals surface area (Å²) in [4.78, 5) is 44.7. The van der Waals surface area contributed by atoms with Crippen molar-refractivity contribution in [2.45, 2.75) is 25.2 Å². The Labute approximate surface area is 283 Å². The van der Waals surface area contributed by atoms with Crippen LogP contribution in [0.5, 0.6) is 0 Å². The molecule has 6 rings (SSSR count). The molecule has 4 aromatic rings. The number of likely N-dealkylation sites (N-methyl/N-ethyl adjacent to an activating group) is 1. The van der Waals surface area contributed by atoms with Crippen molar-refractivity contribution in [2.75, 3.05) is 41.7 Å². The summed E-state index contributed by atoms with van der Waals surface area (Å²) in [6.07, 6.45) is 2.96. The van der Waals surface area contributed by atoms with E-state index in [1.807, 2.05) is 0 Å². The van der Waals surface area contributed by atoms with Gasteiger partial charge in [0.15, 0.2) is 0 Å². The van der Waals surface area contributed by atoms with E-state index in [1.165, 1.54) is 23.5 Å². The minimum absolute atomic E-state index is 0.000552. The smallest absolute Gasteiger partial charge is 0.270 e. The highest BCUT2D eigenvalue weighted by Crippen LogP contribution is 2.46. The Morgan fingerprint density at radius 3 is 2.10 bits per heavy atom. The fourth-order valence-corrected chi connectivity index (χ4v) is 6.82. The van der Waals surface area contributed by atoms with Crippen LogP contribution >= 0.6 is 0 Å². The van der Waals surface area contributed by atoms with Gasteiger partial charge in [-0.2, -0.15) is 0 Å². The number of rotatable bonds is 12. The lowest BCUT2D eigenvalue weighted by atomic mass is 9.98. The van der Waals surface area contributed by atoms with Crippen LogP contribution in [-0.2, 0) is 14.8 Å². The Kier molecular flexibility index (Phi) is 9.20. The first kappa shape index (κ1) is 33.3. The van der Waals surface area contributed by atoms with E-state index in [0.29, 0.717) is 39.3 Å². The molecule has 0 bridgehead atoms. The van der Waals surface area contributed by atoms with Gasteiger partial charge in [0, 0.05) is 42.8 Å². The second-order valence-corrected chi connectivity index (χ2v) is 13.9. The Balaban J connectivity index is 1.27. The van der Waals surface area contributed by atoms with Crippen LogP contribution in [0.1, 0.15) is 57.0 Å². The average Bonchev–Trinajstić information content (AvgIpc) is 3.90. The van der Waals surface area contributed by atoms with E-state index in [9.17, 15) is 27.2 Å². The van der Waals surface area contributed by atoms with E-state index in [4.69, 9.17) is 5.73 Å². The Morgan fingerprint density at radius 2 is 1.55 bits per heavy atom. The van der Waals surface area contributed by atoms with Crippen molar-refractivity contribution in [2.24, 2.45) is 4.99 Å². The number of carbonyl (C=O) groups excluding carboxylic acids is 3. The van der Waals surface area contributed by atoms with Gasteiger partial charge in [0.05, 0.1) is 28.8 Å². The maximum atomic E-state index is 13.3. The topological polar surface area (TPSA) is 154 Å². The highest BCUT2D eigenvalue weighted by Gasteiger charge is 2.36. The molecule has 11 nitrogen and oxygen atoms in total. The summed E-state index contributed by atoms with van der Waals surface area (Å²) in [6.45, 7) is 0.0375. The van der Waals surface area contributed by atoms with E-state index in [2.05, 4.69) is 15.6 Å². The van der Waals surface area contributed by atoms with Crippen molar-refractivity contribution in [1.82, 2.24) is 10.2 Å². The van der Waals surface area contributed by atoms with Crippen LogP contribution in [0.25, 0.3) is 0 Å². The van der Waals surface area contributed by atoms with Gasteiger partial charge in [0.2, 0.25) is 10.0 Å². The van der Waals surface area contributed by atoms with Gasteiger partial charge in [0.25, 0.3) is 17.7 Å². The predicted octanol–water partition coefficient (Wildman–Crippen LogP) is 5.35. The first-order valence-electron chi connectivity index (χ1n) is 15.7. The number of benzene rings is 4. The third kappa shape index (κ3) is 7.16. The highest BCUT2D eigenvalue weighted by molar-refractivity contribution is 7.92. The number of fused-ring (bicyclic) bond motifs is 1. The van der Waals surface area contributed by atoms with Crippen molar-refractivity contribution in [3.05, 3.63) is 113 Å². The fraction of sp³-hybridized carbons (Fsp3) is 0.222. The monoisotopic (exact) mass is 682 g/mol. The van der Waals surface area contributed by atoms with Gasteiger partial charge >= 0.3 is 0 Å². The zero-order chi connectivity index (χ0) is 34.9. The molecule has 0 radical (unpaired) electrons. The van der Waals surface area contributed by atoms with E-state index >= 15 is 0 Å². The summed E-state index contributed by atoms with van der Waals surface area (Å²) < 4.78 is 40.9. The normalized spacial score (nSPS) is 14.5. The number of halogens is 1. The largest absolute Gasteiger partial charge is 0.398 e. The van der Waals surface area contributed by atoms with Crippen molar-refractivity contribution < 1.29 is 27.2 Å². The number of aliphatic imine (C=N–C) groups is 1. The minimum atomic E-state index is -3.82. The molecular formula is C36H35FN6O5S. The van der Waals surface area contributed by atoms with E-state index in [1.54, 1.807) is 72.8 Å². The maximum Gasteiger partial charge on any atom is 0.270 e. The van der Waals surface area contributed by atoms with E-state index < -0.39 is 27.7 Å². The molecular weight excluding hydrogens is 647 g/mol. The summed E-state index contributed by atoms with van der Waals surface area (Å²) >= 11 is 0. The summed E-state index contributed by atoms with van der Waals surface area (Å²) in [5, 5.41) is 5.80. The van der Waals surface area contributed by atoms with Crippen LogP contribution in [-0.4, -0.2) is 63.1 Å². The molecule has 2 aliphatic rings. The Hall–Kier alpha value is -5.56. The van der Waals surface area contributed by atoms with Gasteiger partial charge in [-0.15, -0.1) is 0 Å². The predicted molar refractivity (Wildman–Crippen MR) is 188 cm³/mol. The van der Waals surface area contributed by atoms with Crippen LogP contribution in [0.2, 0.25) is 0 Å². The molecule has 1 fully saturated rings. The lowest BCUT2D eigenvalue weighted by Gasteiger charge is -2.27. The highest BCUT2D eigenvalue weighted by atomic mass is 32.2. The zero-order valence-corrected chi connectivity index (χ0v) is 27.8. The van der Waals surface area contributed by atoms with Crippen LogP contribution < -0.4 is 20.7 Å². The van der Waals surface area contributed by atoms with Gasteiger partial charge in [-0.05, 0) is 104 Å². The number of amides is 3. The summed E-state index contributed by atoms with van der Waals surface area (Å²) in [5.74, 6) is -1.57. The number of sulfonamides is 1. The molecule has 3 amide bonds. The fourth-order valence-electron chi connectivity index (χ4n) is 5.84. The molecule has 0 spiro atoms. The maximum absolute atomic E-state index is 13.3. The number of nitrogen functional groups attached to an aromatic ring is 1. The van der Waals surface area contributed by atoms with Gasteiger partial charge in [-0.3, -0.25) is 23.6 Å². The number of carbonyl (C=O) groups is 3. The van der Waals surface area contributed by atoms with E-state index in [-0.39, 0.29) is 42.6 Å². The minimum Gasteiger partial charge on any atom is -0.398 e. The van der Waals surface area contributed by atoms with Crippen molar-refractivity contribution in [1.29, 1.82) is 0 Å². The molecule has 1 aliphatic heterocycles. The molecule has 4 aromatic carbocycles. The number of anilines is 4. The molecule has 0 atom stereocenters. The number of nitrogens with zero attached hydrogens (tertiary/aromatic N) is 3. The first-order chi connectivity index (χ1) is 23.4. The molecule has 0 saturated heterocycles. The summed E-state index contributed by atoms with van der Waals surface area (Å²) in [6, 6.07) is 22.8. The molecule has 4 N–H and O–H groups in total. The standard InChI is InChI=1S/C36H35FN6O5S/c1-39-34(44)33(41-26-16-14-25(15-17-26)40-24-12-10-23(37)11-13-24)30-20-29(22-8-9-22)32(21-31(30)38)43(49(2,47)48)19-5-18-42-35(45)27-6-3-4-7-28(27)36(42)46/h3-4,6-7,10-17,20-22,40H,5,8-9,18-19,38H2,1-2H3,(H,39,44). The zero-order valence-electron chi connectivity index (χ0n) is 26.9.